The molecule has 0 aliphatic rings. The van der Waals surface area contributed by atoms with Crippen LogP contribution in [-0.2, 0) is 0 Å². The minimum atomic E-state index is -0.340. The Balaban J connectivity index is 2.04. The summed E-state index contributed by atoms with van der Waals surface area (Å²) in [7, 11) is 0. The Bertz CT molecular complexity index is 577. The molecule has 0 unspecified atom stereocenters. The van der Waals surface area contributed by atoms with Crippen molar-refractivity contribution in [3.63, 3.8) is 0 Å². The first kappa shape index (κ1) is 11.9. The van der Waals surface area contributed by atoms with Gasteiger partial charge in [-0.05, 0) is 24.3 Å². The molecule has 2 aromatic rings. The van der Waals surface area contributed by atoms with E-state index in [1.807, 2.05) is 0 Å². The lowest BCUT2D eigenvalue weighted by atomic mass is 10.2. The van der Waals surface area contributed by atoms with Crippen molar-refractivity contribution in [2.24, 2.45) is 5.73 Å². The third-order valence-corrected chi connectivity index (χ3v) is 2.14. The van der Waals surface area contributed by atoms with E-state index in [1.54, 1.807) is 24.3 Å². The van der Waals surface area contributed by atoms with E-state index in [0.717, 1.165) is 5.56 Å². The van der Waals surface area contributed by atoms with Crippen molar-refractivity contribution in [2.75, 3.05) is 11.9 Å². The van der Waals surface area contributed by atoms with E-state index in [9.17, 15) is 4.79 Å². The molecule has 18 heavy (non-hydrogen) atoms. The zero-order valence-corrected chi connectivity index (χ0v) is 9.51. The van der Waals surface area contributed by atoms with Crippen LogP contribution in [-0.4, -0.2) is 17.6 Å². The second kappa shape index (κ2) is 5.66. The number of nitrogens with two attached hydrogens (primary N) is 1. The van der Waals surface area contributed by atoms with Crippen molar-refractivity contribution in [1.82, 2.24) is 5.16 Å². The van der Waals surface area contributed by atoms with Crippen LogP contribution in [0.1, 0.15) is 16.1 Å². The van der Waals surface area contributed by atoms with Crippen LogP contribution in [0, 0.1) is 11.8 Å². The van der Waals surface area contributed by atoms with E-state index in [2.05, 4.69) is 22.3 Å². The molecule has 0 spiro atoms. The highest BCUT2D eigenvalue weighted by atomic mass is 16.5. The maximum atomic E-state index is 11.6. The molecule has 2 rings (SSSR count). The van der Waals surface area contributed by atoms with Gasteiger partial charge in [0.25, 0.3) is 5.91 Å². The molecule has 0 radical (unpaired) electrons. The topological polar surface area (TPSA) is 81.1 Å². The number of hydrogen-bond donors (Lipinski definition) is 2. The first-order valence-electron chi connectivity index (χ1n) is 5.30. The number of carbonyl (C=O) groups excluding carboxylic acids is 1. The molecule has 0 fully saturated rings. The third-order valence-electron chi connectivity index (χ3n) is 2.14. The number of hydrogen-bond acceptors (Lipinski definition) is 4. The summed E-state index contributed by atoms with van der Waals surface area (Å²) in [5, 5.41) is 6.15. The lowest BCUT2D eigenvalue weighted by molar-refractivity contribution is 0.0988. The van der Waals surface area contributed by atoms with Crippen LogP contribution in [0.2, 0.25) is 0 Å². The van der Waals surface area contributed by atoms with E-state index in [-0.39, 0.29) is 11.7 Å². The highest BCUT2D eigenvalue weighted by Crippen LogP contribution is 2.10. The number of amides is 1. The Morgan fingerprint density at radius 2 is 2.11 bits per heavy atom. The molecule has 0 saturated carbocycles. The van der Waals surface area contributed by atoms with Crippen molar-refractivity contribution >= 4 is 11.6 Å². The van der Waals surface area contributed by atoms with Crippen molar-refractivity contribution in [3.8, 4) is 11.8 Å². The van der Waals surface area contributed by atoms with E-state index >= 15 is 0 Å². The van der Waals surface area contributed by atoms with Gasteiger partial charge >= 0.3 is 0 Å². The largest absolute Gasteiger partial charge is 0.351 e. The quantitative estimate of drug-likeness (QED) is 0.775. The number of rotatable bonds is 2. The first-order valence-corrected chi connectivity index (χ1v) is 5.30. The van der Waals surface area contributed by atoms with E-state index in [1.165, 1.54) is 12.3 Å². The summed E-state index contributed by atoms with van der Waals surface area (Å²) < 4.78 is 4.75. The predicted molar refractivity (Wildman–Crippen MR) is 66.8 cm³/mol. The van der Waals surface area contributed by atoms with Gasteiger partial charge in [-0.1, -0.05) is 17.0 Å². The average Bonchev–Trinajstić information content (AvgIpc) is 2.92. The SMILES string of the molecule is NCC#Cc1ccc(NC(=O)c2ccno2)cc1. The van der Waals surface area contributed by atoms with Crippen LogP contribution in [0.3, 0.4) is 0 Å². The van der Waals surface area contributed by atoms with E-state index in [0.29, 0.717) is 12.2 Å². The second-order valence-corrected chi connectivity index (χ2v) is 3.41. The number of benzene rings is 1. The molecule has 0 bridgehead atoms. The van der Waals surface area contributed by atoms with E-state index in [4.69, 9.17) is 10.3 Å². The fraction of sp³-hybridized carbons (Fsp3) is 0.0769. The Morgan fingerprint density at radius 1 is 1.33 bits per heavy atom. The number of carbonyl (C=O) groups is 1. The van der Waals surface area contributed by atoms with Crippen LogP contribution in [0.5, 0.6) is 0 Å². The van der Waals surface area contributed by atoms with Gasteiger partial charge in [0.1, 0.15) is 0 Å². The van der Waals surface area contributed by atoms with Gasteiger partial charge in [-0.15, -0.1) is 0 Å². The summed E-state index contributed by atoms with van der Waals surface area (Å²) >= 11 is 0. The number of nitrogens with one attached hydrogen (secondary N) is 1. The summed E-state index contributed by atoms with van der Waals surface area (Å²) in [5.41, 5.74) is 6.79. The van der Waals surface area contributed by atoms with Gasteiger partial charge in [0.2, 0.25) is 5.76 Å². The van der Waals surface area contributed by atoms with Crippen molar-refractivity contribution in [1.29, 1.82) is 0 Å². The van der Waals surface area contributed by atoms with Crippen LogP contribution in [0.15, 0.2) is 41.1 Å². The molecule has 0 aliphatic carbocycles. The van der Waals surface area contributed by atoms with Gasteiger partial charge in [0.05, 0.1) is 12.7 Å². The molecule has 0 aliphatic heterocycles. The van der Waals surface area contributed by atoms with Crippen molar-refractivity contribution in [2.45, 2.75) is 0 Å². The molecule has 0 saturated heterocycles. The smallest absolute Gasteiger partial charge is 0.294 e. The van der Waals surface area contributed by atoms with Gasteiger partial charge in [-0.3, -0.25) is 4.79 Å². The number of nitrogens with zero attached hydrogens (tertiary/aromatic N) is 1. The van der Waals surface area contributed by atoms with Gasteiger partial charge < -0.3 is 15.6 Å². The second-order valence-electron chi connectivity index (χ2n) is 3.41. The molecule has 5 nitrogen and oxygen atoms in total. The summed E-state index contributed by atoms with van der Waals surface area (Å²) in [4.78, 5) is 11.6. The Morgan fingerprint density at radius 3 is 2.72 bits per heavy atom. The molecule has 1 heterocycles. The van der Waals surface area contributed by atoms with Crippen LogP contribution < -0.4 is 11.1 Å². The average molecular weight is 241 g/mol. The van der Waals surface area contributed by atoms with Gasteiger partial charge in [-0.25, -0.2) is 0 Å². The normalized spacial score (nSPS) is 9.39. The predicted octanol–water partition coefficient (Wildman–Crippen LogP) is 1.24. The van der Waals surface area contributed by atoms with Gasteiger partial charge in [0, 0.05) is 17.3 Å². The molecule has 3 N–H and O–H groups in total. The molecule has 1 aromatic carbocycles. The van der Waals surface area contributed by atoms with Crippen LogP contribution in [0.4, 0.5) is 5.69 Å². The zero-order chi connectivity index (χ0) is 12.8. The van der Waals surface area contributed by atoms with E-state index < -0.39 is 0 Å². The Hall–Kier alpha value is -2.58. The highest BCUT2D eigenvalue weighted by Gasteiger charge is 2.09. The first-order chi connectivity index (χ1) is 8.79. The monoisotopic (exact) mass is 241 g/mol. The number of aromatic nitrogens is 1. The fourth-order valence-corrected chi connectivity index (χ4v) is 1.32. The molecular formula is C13H11N3O2. The molecule has 1 amide bonds. The van der Waals surface area contributed by atoms with Crippen LogP contribution in [0.25, 0.3) is 0 Å². The van der Waals surface area contributed by atoms with Crippen molar-refractivity contribution < 1.29 is 9.32 Å². The Kier molecular flexibility index (Phi) is 3.74. The molecule has 5 heteroatoms. The highest BCUT2D eigenvalue weighted by molar-refractivity contribution is 6.02. The summed E-state index contributed by atoms with van der Waals surface area (Å²) in [6.45, 7) is 0.323. The lowest BCUT2D eigenvalue weighted by Gasteiger charge is -2.02. The number of anilines is 1. The standard InChI is InChI=1S/C13H11N3O2/c14-8-1-2-10-3-5-11(6-4-10)16-13(17)12-7-9-15-18-12/h3-7,9H,8,14H2,(H,16,17). The maximum absolute atomic E-state index is 11.6. The van der Waals surface area contributed by atoms with Crippen LogP contribution >= 0.6 is 0 Å². The molecule has 0 atom stereocenters. The molecule has 1 aromatic heterocycles. The molecule has 90 valence electrons. The minimum absolute atomic E-state index is 0.169. The minimum Gasteiger partial charge on any atom is -0.351 e. The zero-order valence-electron chi connectivity index (χ0n) is 9.51. The summed E-state index contributed by atoms with van der Waals surface area (Å²) in [5.74, 6) is 5.48. The summed E-state index contributed by atoms with van der Waals surface area (Å²) in [6.07, 6.45) is 1.42. The molecular weight excluding hydrogens is 230 g/mol. The maximum Gasteiger partial charge on any atom is 0.294 e. The van der Waals surface area contributed by atoms with Gasteiger partial charge in [0.15, 0.2) is 0 Å². The summed E-state index contributed by atoms with van der Waals surface area (Å²) in [6, 6.07) is 8.62. The third kappa shape index (κ3) is 2.97. The Labute approximate surface area is 104 Å². The van der Waals surface area contributed by atoms with Gasteiger partial charge in [-0.2, -0.15) is 0 Å². The lowest BCUT2D eigenvalue weighted by Crippen LogP contribution is -2.10. The van der Waals surface area contributed by atoms with Crippen molar-refractivity contribution in [3.05, 3.63) is 47.9 Å². The fourth-order valence-electron chi connectivity index (χ4n) is 1.32.